The molecular weight excluding hydrogens is 494 g/mol. The van der Waals surface area contributed by atoms with Gasteiger partial charge in [-0.1, -0.05) is 48.9 Å². The number of Topliss-reactive ketones (excluding diaryl/α,β-unsaturated/α-hetero) is 1. The summed E-state index contributed by atoms with van der Waals surface area (Å²) in [7, 11) is 1.59. The number of aliphatic hydroxyl groups excluding tert-OH is 1. The van der Waals surface area contributed by atoms with Crippen LogP contribution in [0.2, 0.25) is 0 Å². The highest BCUT2D eigenvalue weighted by Gasteiger charge is 2.45. The summed E-state index contributed by atoms with van der Waals surface area (Å²) in [6.07, 6.45) is 1.45. The van der Waals surface area contributed by atoms with Crippen molar-refractivity contribution in [1.82, 2.24) is 4.90 Å². The van der Waals surface area contributed by atoms with Crippen LogP contribution in [0.25, 0.3) is 5.76 Å². The number of benzene rings is 3. The van der Waals surface area contributed by atoms with E-state index in [2.05, 4.69) is 6.07 Å². The van der Waals surface area contributed by atoms with E-state index < -0.39 is 17.7 Å². The zero-order valence-electron chi connectivity index (χ0n) is 22.7. The van der Waals surface area contributed by atoms with Gasteiger partial charge in [0.25, 0.3) is 11.7 Å². The molecule has 7 nitrogen and oxygen atoms in total. The Morgan fingerprint density at radius 2 is 1.62 bits per heavy atom. The highest BCUT2D eigenvalue weighted by atomic mass is 16.5. The molecule has 4 rings (SSSR count). The second kappa shape index (κ2) is 13.1. The molecule has 0 unspecified atom stereocenters. The highest BCUT2D eigenvalue weighted by Crippen LogP contribution is 2.40. The number of likely N-dealkylation sites (tertiary alicyclic amines) is 1. The minimum atomic E-state index is -0.723. The predicted octanol–water partition coefficient (Wildman–Crippen LogP) is 5.82. The monoisotopic (exact) mass is 529 g/mol. The van der Waals surface area contributed by atoms with Gasteiger partial charge in [0.15, 0.2) is 0 Å². The lowest BCUT2D eigenvalue weighted by Crippen LogP contribution is -2.31. The van der Waals surface area contributed by atoms with Gasteiger partial charge in [0.05, 0.1) is 18.2 Å². The van der Waals surface area contributed by atoms with Crippen molar-refractivity contribution in [1.29, 1.82) is 0 Å². The van der Waals surface area contributed by atoms with E-state index in [0.717, 1.165) is 23.1 Å². The van der Waals surface area contributed by atoms with Crippen LogP contribution < -0.4 is 9.47 Å². The zero-order valence-corrected chi connectivity index (χ0v) is 22.7. The summed E-state index contributed by atoms with van der Waals surface area (Å²) in [6.45, 7) is 5.84. The smallest absolute Gasteiger partial charge is 0.295 e. The number of aryl methyl sites for hydroxylation is 1. The highest BCUT2D eigenvalue weighted by molar-refractivity contribution is 6.46. The molecular formula is C32H35NO6. The Hall–Kier alpha value is -4.10. The van der Waals surface area contributed by atoms with Crippen molar-refractivity contribution < 1.29 is 28.9 Å². The number of ketones is 1. The first-order chi connectivity index (χ1) is 18.9. The minimum absolute atomic E-state index is 0.0630. The minimum Gasteiger partial charge on any atom is -0.507 e. The second-order valence-electron chi connectivity index (χ2n) is 9.56. The number of hydrogen-bond acceptors (Lipinski definition) is 6. The standard InChI is InChI=1S/C32H35NO6/c1-4-18-38-26-13-9-24(10-14-26)29-28(31(35)32(36)33(29)17-6-19-37-3)30(34)25-11-15-27(16-12-25)39-21-23-8-5-7-22(2)20-23/h5,7-16,20,29,34H,4,6,17-19,21H2,1-3H3/b30-28+/t29-/m1/s1. The van der Waals surface area contributed by atoms with E-state index >= 15 is 0 Å². The van der Waals surface area contributed by atoms with Crippen LogP contribution in [0.3, 0.4) is 0 Å². The van der Waals surface area contributed by atoms with Gasteiger partial charge in [-0.25, -0.2) is 0 Å². The summed E-state index contributed by atoms with van der Waals surface area (Å²) in [6, 6.07) is 21.5. The molecule has 39 heavy (non-hydrogen) atoms. The quantitative estimate of drug-likeness (QED) is 0.138. The van der Waals surface area contributed by atoms with Gasteiger partial charge in [0.2, 0.25) is 0 Å². The molecule has 0 aliphatic carbocycles. The number of nitrogens with zero attached hydrogens (tertiary/aromatic N) is 1. The number of methoxy groups -OCH3 is 1. The molecule has 0 radical (unpaired) electrons. The SMILES string of the molecule is CCCOc1ccc([C@@H]2/C(=C(\O)c3ccc(OCc4cccc(C)c4)cc3)C(=O)C(=O)N2CCCOC)cc1. The molecule has 1 aliphatic rings. The Kier molecular flexibility index (Phi) is 9.39. The third-order valence-electron chi connectivity index (χ3n) is 6.57. The van der Waals surface area contributed by atoms with Crippen LogP contribution in [0, 0.1) is 6.92 Å². The van der Waals surface area contributed by atoms with Crippen LogP contribution in [-0.4, -0.2) is 48.6 Å². The van der Waals surface area contributed by atoms with Gasteiger partial charge >= 0.3 is 0 Å². The van der Waals surface area contributed by atoms with Crippen molar-refractivity contribution in [2.45, 2.75) is 39.3 Å². The van der Waals surface area contributed by atoms with Gasteiger partial charge < -0.3 is 24.2 Å². The maximum atomic E-state index is 13.2. The van der Waals surface area contributed by atoms with Crippen molar-refractivity contribution in [3.8, 4) is 11.5 Å². The Morgan fingerprint density at radius 1 is 0.923 bits per heavy atom. The number of hydrogen-bond donors (Lipinski definition) is 1. The van der Waals surface area contributed by atoms with Crippen LogP contribution in [0.4, 0.5) is 0 Å². The first-order valence-corrected chi connectivity index (χ1v) is 13.2. The number of ether oxygens (including phenoxy) is 3. The molecule has 1 atom stereocenters. The number of carbonyl (C=O) groups excluding carboxylic acids is 2. The first kappa shape index (κ1) is 27.9. The molecule has 0 bridgehead atoms. The van der Waals surface area contributed by atoms with Crippen LogP contribution in [-0.2, 0) is 20.9 Å². The van der Waals surface area contributed by atoms with Gasteiger partial charge in [-0.15, -0.1) is 0 Å². The molecule has 0 spiro atoms. The van der Waals surface area contributed by atoms with Gasteiger partial charge in [-0.05, 0) is 67.3 Å². The fraction of sp³-hybridized carbons (Fsp3) is 0.312. The summed E-state index contributed by atoms with van der Waals surface area (Å²) in [5.74, 6) is -0.224. The second-order valence-corrected chi connectivity index (χ2v) is 9.56. The average molecular weight is 530 g/mol. The van der Waals surface area contributed by atoms with Crippen molar-refractivity contribution in [3.63, 3.8) is 0 Å². The van der Waals surface area contributed by atoms with Crippen molar-refractivity contribution >= 4 is 17.4 Å². The third kappa shape index (κ3) is 6.67. The molecule has 1 amide bonds. The summed E-state index contributed by atoms with van der Waals surface area (Å²) in [5.41, 5.74) is 3.43. The molecule has 1 saturated heterocycles. The van der Waals surface area contributed by atoms with Crippen molar-refractivity contribution in [2.24, 2.45) is 0 Å². The molecule has 1 aliphatic heterocycles. The molecule has 1 heterocycles. The molecule has 204 valence electrons. The maximum absolute atomic E-state index is 13.2. The van der Waals surface area contributed by atoms with E-state index in [0.29, 0.717) is 49.8 Å². The van der Waals surface area contributed by atoms with Crippen molar-refractivity contribution in [2.75, 3.05) is 26.9 Å². The normalized spacial score (nSPS) is 16.5. The molecule has 3 aromatic carbocycles. The maximum Gasteiger partial charge on any atom is 0.295 e. The molecule has 0 saturated carbocycles. The molecule has 3 aromatic rings. The van der Waals surface area contributed by atoms with Gasteiger partial charge in [0, 0.05) is 25.8 Å². The molecule has 1 fully saturated rings. The summed E-state index contributed by atoms with van der Waals surface area (Å²) < 4.78 is 16.7. The largest absolute Gasteiger partial charge is 0.507 e. The van der Waals surface area contributed by atoms with Crippen LogP contribution in [0.1, 0.15) is 48.1 Å². The van der Waals surface area contributed by atoms with Gasteiger partial charge in [-0.3, -0.25) is 9.59 Å². The molecule has 7 heteroatoms. The van der Waals surface area contributed by atoms with E-state index in [1.807, 2.05) is 56.3 Å². The van der Waals surface area contributed by atoms with Crippen molar-refractivity contribution in [3.05, 3.63) is 101 Å². The number of rotatable bonds is 12. The van der Waals surface area contributed by atoms with E-state index in [1.54, 1.807) is 31.4 Å². The number of carbonyl (C=O) groups is 2. The topological polar surface area (TPSA) is 85.3 Å². The Morgan fingerprint density at radius 3 is 2.28 bits per heavy atom. The van der Waals surface area contributed by atoms with Crippen LogP contribution in [0.15, 0.2) is 78.4 Å². The first-order valence-electron chi connectivity index (χ1n) is 13.2. The van der Waals surface area contributed by atoms with Crippen LogP contribution >= 0.6 is 0 Å². The van der Waals surface area contributed by atoms with Gasteiger partial charge in [-0.2, -0.15) is 0 Å². The fourth-order valence-electron chi connectivity index (χ4n) is 4.64. The average Bonchev–Trinajstić information content (AvgIpc) is 3.20. The van der Waals surface area contributed by atoms with E-state index in [1.165, 1.54) is 4.90 Å². The summed E-state index contributed by atoms with van der Waals surface area (Å²) >= 11 is 0. The lowest BCUT2D eigenvalue weighted by Gasteiger charge is -2.25. The fourth-order valence-corrected chi connectivity index (χ4v) is 4.64. The third-order valence-corrected chi connectivity index (χ3v) is 6.57. The van der Waals surface area contributed by atoms with E-state index in [4.69, 9.17) is 14.2 Å². The van der Waals surface area contributed by atoms with E-state index in [9.17, 15) is 14.7 Å². The number of amides is 1. The Labute approximate surface area is 229 Å². The summed E-state index contributed by atoms with van der Waals surface area (Å²) in [4.78, 5) is 27.8. The molecule has 1 N–H and O–H groups in total. The van der Waals surface area contributed by atoms with E-state index in [-0.39, 0.29) is 11.3 Å². The lowest BCUT2D eigenvalue weighted by molar-refractivity contribution is -0.140. The van der Waals surface area contributed by atoms with Gasteiger partial charge in [0.1, 0.15) is 23.9 Å². The zero-order chi connectivity index (χ0) is 27.8. The Bertz CT molecular complexity index is 1310. The lowest BCUT2D eigenvalue weighted by atomic mass is 9.95. The van der Waals surface area contributed by atoms with Crippen LogP contribution in [0.5, 0.6) is 11.5 Å². The summed E-state index contributed by atoms with van der Waals surface area (Å²) in [5, 5.41) is 11.3. The Balaban J connectivity index is 1.62. The molecule has 0 aromatic heterocycles. The number of aliphatic hydroxyl groups is 1. The predicted molar refractivity (Wildman–Crippen MR) is 150 cm³/mol.